The van der Waals surface area contributed by atoms with Crippen molar-refractivity contribution in [1.82, 2.24) is 10.6 Å². The van der Waals surface area contributed by atoms with Crippen LogP contribution in [0, 0.1) is 11.8 Å². The lowest BCUT2D eigenvalue weighted by Crippen LogP contribution is -2.33. The van der Waals surface area contributed by atoms with Crippen molar-refractivity contribution in [2.75, 3.05) is 32.8 Å². The quantitative estimate of drug-likeness (QED) is 0.643. The first-order valence-corrected chi connectivity index (χ1v) is 7.79. The van der Waals surface area contributed by atoms with Gasteiger partial charge in [0.25, 0.3) is 0 Å². The number of ether oxygens (including phenoxy) is 1. The van der Waals surface area contributed by atoms with Crippen molar-refractivity contribution in [3.8, 4) is 0 Å². The molecule has 0 radical (unpaired) electrons. The minimum Gasteiger partial charge on any atom is -0.382 e. The van der Waals surface area contributed by atoms with Crippen molar-refractivity contribution in [2.45, 2.75) is 46.0 Å². The molecule has 1 atom stereocenters. The number of amides is 1. The van der Waals surface area contributed by atoms with Crippen LogP contribution in [0.25, 0.3) is 0 Å². The average Bonchev–Trinajstić information content (AvgIpc) is 2.43. The van der Waals surface area contributed by atoms with E-state index in [4.69, 9.17) is 4.74 Å². The standard InChI is InChI=1S/C15H30N2O2.ClH/c1-3-19-11-5-4-8-17-15(18)12-13(2)14-6-9-16-10-7-14;/h13-14,16H,3-12H2,1-2H3,(H,17,18);1H. The number of carbonyl (C=O) groups excluding carboxylic acids is 1. The molecule has 1 unspecified atom stereocenters. The van der Waals surface area contributed by atoms with Crippen LogP contribution in [0.15, 0.2) is 0 Å². The van der Waals surface area contributed by atoms with Crippen LogP contribution >= 0.6 is 12.4 Å². The Balaban J connectivity index is 0.00000361. The van der Waals surface area contributed by atoms with Gasteiger partial charge in [0.2, 0.25) is 5.91 Å². The molecule has 1 amide bonds. The second kappa shape index (κ2) is 12.4. The summed E-state index contributed by atoms with van der Waals surface area (Å²) in [4.78, 5) is 11.8. The maximum atomic E-state index is 11.8. The molecule has 1 rings (SSSR count). The summed E-state index contributed by atoms with van der Waals surface area (Å²) >= 11 is 0. The molecule has 1 saturated heterocycles. The Morgan fingerprint density at radius 1 is 1.35 bits per heavy atom. The minimum atomic E-state index is 0. The highest BCUT2D eigenvalue weighted by Gasteiger charge is 2.21. The topological polar surface area (TPSA) is 50.4 Å². The number of piperidine rings is 1. The first-order chi connectivity index (χ1) is 9.24. The number of nitrogens with one attached hydrogen (secondary N) is 2. The summed E-state index contributed by atoms with van der Waals surface area (Å²) < 4.78 is 5.27. The normalized spacial score (nSPS) is 17.3. The highest BCUT2D eigenvalue weighted by atomic mass is 35.5. The molecule has 1 heterocycles. The summed E-state index contributed by atoms with van der Waals surface area (Å²) in [5.74, 6) is 1.43. The molecular weight excluding hydrogens is 276 g/mol. The molecule has 1 aliphatic rings. The smallest absolute Gasteiger partial charge is 0.220 e. The van der Waals surface area contributed by atoms with Crippen molar-refractivity contribution < 1.29 is 9.53 Å². The van der Waals surface area contributed by atoms with Gasteiger partial charge in [-0.1, -0.05) is 6.92 Å². The molecule has 0 aromatic heterocycles. The summed E-state index contributed by atoms with van der Waals surface area (Å²) in [6, 6.07) is 0. The lowest BCUT2D eigenvalue weighted by Gasteiger charge is -2.27. The van der Waals surface area contributed by atoms with Crippen LogP contribution in [0.1, 0.15) is 46.0 Å². The number of rotatable bonds is 9. The number of hydrogen-bond donors (Lipinski definition) is 2. The predicted molar refractivity (Wildman–Crippen MR) is 85.4 cm³/mol. The largest absolute Gasteiger partial charge is 0.382 e. The Bertz CT molecular complexity index is 246. The van der Waals surface area contributed by atoms with Gasteiger partial charge in [-0.3, -0.25) is 4.79 Å². The Kier molecular flexibility index (Phi) is 12.2. The Morgan fingerprint density at radius 3 is 2.70 bits per heavy atom. The fourth-order valence-corrected chi connectivity index (χ4v) is 2.65. The number of carbonyl (C=O) groups is 1. The summed E-state index contributed by atoms with van der Waals surface area (Å²) in [6.45, 7) is 8.79. The van der Waals surface area contributed by atoms with E-state index in [0.717, 1.165) is 45.7 Å². The molecule has 2 N–H and O–H groups in total. The fourth-order valence-electron chi connectivity index (χ4n) is 2.65. The molecule has 5 heteroatoms. The fraction of sp³-hybridized carbons (Fsp3) is 0.933. The van der Waals surface area contributed by atoms with Crippen molar-refractivity contribution in [3.05, 3.63) is 0 Å². The van der Waals surface area contributed by atoms with Crippen molar-refractivity contribution in [2.24, 2.45) is 11.8 Å². The van der Waals surface area contributed by atoms with Gasteiger partial charge in [0, 0.05) is 26.2 Å². The molecule has 1 aliphatic heterocycles. The molecular formula is C15H31ClN2O2. The average molecular weight is 307 g/mol. The molecule has 0 aromatic rings. The van der Waals surface area contributed by atoms with Crippen LogP contribution in [-0.2, 0) is 9.53 Å². The monoisotopic (exact) mass is 306 g/mol. The van der Waals surface area contributed by atoms with Crippen molar-refractivity contribution >= 4 is 18.3 Å². The van der Waals surface area contributed by atoms with Crippen LogP contribution in [0.4, 0.5) is 0 Å². The van der Waals surface area contributed by atoms with Crippen LogP contribution in [-0.4, -0.2) is 38.8 Å². The van der Waals surface area contributed by atoms with Gasteiger partial charge in [0.05, 0.1) is 0 Å². The van der Waals surface area contributed by atoms with E-state index < -0.39 is 0 Å². The van der Waals surface area contributed by atoms with E-state index in [9.17, 15) is 4.79 Å². The highest BCUT2D eigenvalue weighted by molar-refractivity contribution is 5.85. The SMILES string of the molecule is CCOCCCCNC(=O)CC(C)C1CCNCC1.Cl. The molecule has 0 bridgehead atoms. The van der Waals surface area contributed by atoms with E-state index in [-0.39, 0.29) is 18.3 Å². The van der Waals surface area contributed by atoms with Gasteiger partial charge in [-0.05, 0) is 57.5 Å². The lowest BCUT2D eigenvalue weighted by molar-refractivity contribution is -0.122. The van der Waals surface area contributed by atoms with Crippen LogP contribution in [0.5, 0.6) is 0 Å². The van der Waals surface area contributed by atoms with Crippen molar-refractivity contribution in [1.29, 1.82) is 0 Å². The molecule has 20 heavy (non-hydrogen) atoms. The van der Waals surface area contributed by atoms with E-state index in [0.29, 0.717) is 18.3 Å². The first kappa shape index (κ1) is 19.7. The summed E-state index contributed by atoms with van der Waals surface area (Å²) in [5, 5.41) is 6.39. The molecule has 1 fully saturated rings. The van der Waals surface area contributed by atoms with Gasteiger partial charge >= 0.3 is 0 Å². The van der Waals surface area contributed by atoms with Crippen LogP contribution in [0.3, 0.4) is 0 Å². The van der Waals surface area contributed by atoms with E-state index in [1.807, 2.05) is 6.92 Å². The van der Waals surface area contributed by atoms with Gasteiger partial charge in [-0.2, -0.15) is 0 Å². The Morgan fingerprint density at radius 2 is 2.05 bits per heavy atom. The highest BCUT2D eigenvalue weighted by Crippen LogP contribution is 2.23. The molecule has 0 saturated carbocycles. The lowest BCUT2D eigenvalue weighted by atomic mass is 9.84. The van der Waals surface area contributed by atoms with E-state index in [1.54, 1.807) is 0 Å². The van der Waals surface area contributed by atoms with Gasteiger partial charge in [0.1, 0.15) is 0 Å². The van der Waals surface area contributed by atoms with Gasteiger partial charge in [-0.15, -0.1) is 12.4 Å². The second-order valence-corrected chi connectivity index (χ2v) is 5.52. The minimum absolute atomic E-state index is 0. The summed E-state index contributed by atoms with van der Waals surface area (Å²) in [6.07, 6.45) is 5.13. The van der Waals surface area contributed by atoms with E-state index in [2.05, 4.69) is 17.6 Å². The Labute approximate surface area is 129 Å². The predicted octanol–water partition coefficient (Wildman–Crippen LogP) is 2.37. The van der Waals surface area contributed by atoms with E-state index >= 15 is 0 Å². The number of hydrogen-bond acceptors (Lipinski definition) is 3. The number of unbranched alkanes of at least 4 members (excludes halogenated alkanes) is 1. The van der Waals surface area contributed by atoms with Crippen molar-refractivity contribution in [3.63, 3.8) is 0 Å². The third-order valence-electron chi connectivity index (χ3n) is 3.94. The molecule has 0 aromatic carbocycles. The molecule has 0 aliphatic carbocycles. The van der Waals surface area contributed by atoms with Crippen LogP contribution in [0.2, 0.25) is 0 Å². The zero-order valence-corrected chi connectivity index (χ0v) is 13.8. The summed E-state index contributed by atoms with van der Waals surface area (Å²) in [7, 11) is 0. The maximum Gasteiger partial charge on any atom is 0.220 e. The molecule has 0 spiro atoms. The third-order valence-corrected chi connectivity index (χ3v) is 3.94. The van der Waals surface area contributed by atoms with Gasteiger partial charge < -0.3 is 15.4 Å². The zero-order valence-electron chi connectivity index (χ0n) is 13.0. The van der Waals surface area contributed by atoms with Gasteiger partial charge in [0.15, 0.2) is 0 Å². The van der Waals surface area contributed by atoms with Crippen LogP contribution < -0.4 is 10.6 Å². The molecule has 120 valence electrons. The Hall–Kier alpha value is -0.320. The molecule has 4 nitrogen and oxygen atoms in total. The third kappa shape index (κ3) is 8.77. The number of halogens is 1. The summed E-state index contributed by atoms with van der Waals surface area (Å²) in [5.41, 5.74) is 0. The first-order valence-electron chi connectivity index (χ1n) is 7.79. The second-order valence-electron chi connectivity index (χ2n) is 5.52. The van der Waals surface area contributed by atoms with E-state index in [1.165, 1.54) is 12.8 Å². The maximum absolute atomic E-state index is 11.8. The zero-order chi connectivity index (χ0) is 13.9. The van der Waals surface area contributed by atoms with Gasteiger partial charge in [-0.25, -0.2) is 0 Å².